The highest BCUT2D eigenvalue weighted by molar-refractivity contribution is 7.98. The van der Waals surface area contributed by atoms with E-state index in [-0.39, 0.29) is 5.56 Å². The predicted octanol–water partition coefficient (Wildman–Crippen LogP) is 4.10. The molecule has 8 heteroatoms. The monoisotopic (exact) mass is 411 g/mol. The maximum atomic E-state index is 12.4. The summed E-state index contributed by atoms with van der Waals surface area (Å²) in [6, 6.07) is 10.3. The molecule has 0 amide bonds. The number of aromatic nitrogens is 5. The van der Waals surface area contributed by atoms with Gasteiger partial charge in [0, 0.05) is 17.8 Å². The molecule has 0 bridgehead atoms. The molecule has 3 aromatic heterocycles. The lowest BCUT2D eigenvalue weighted by molar-refractivity contribution is 0.651. The fourth-order valence-corrected chi connectivity index (χ4v) is 5.09. The average molecular weight is 412 g/mol. The number of aromatic amines is 1. The minimum atomic E-state index is -0.0656. The molecule has 28 heavy (non-hydrogen) atoms. The van der Waals surface area contributed by atoms with Crippen LogP contribution in [0.25, 0.3) is 10.2 Å². The van der Waals surface area contributed by atoms with Gasteiger partial charge in [0.2, 0.25) is 0 Å². The molecule has 0 spiro atoms. The van der Waals surface area contributed by atoms with Crippen molar-refractivity contribution >= 4 is 33.3 Å². The number of hydrogen-bond donors (Lipinski definition) is 1. The van der Waals surface area contributed by atoms with Crippen LogP contribution in [0.3, 0.4) is 0 Å². The summed E-state index contributed by atoms with van der Waals surface area (Å²) in [7, 11) is 0. The number of aryl methyl sites for hydroxylation is 2. The molecule has 0 fully saturated rings. The summed E-state index contributed by atoms with van der Waals surface area (Å²) in [5.74, 6) is 2.15. The van der Waals surface area contributed by atoms with Crippen molar-refractivity contribution in [3.05, 3.63) is 68.3 Å². The molecule has 4 aromatic rings. The van der Waals surface area contributed by atoms with E-state index >= 15 is 0 Å². The first-order chi connectivity index (χ1) is 13.6. The van der Waals surface area contributed by atoms with Crippen LogP contribution in [-0.4, -0.2) is 24.7 Å². The first-order valence-electron chi connectivity index (χ1n) is 9.14. The zero-order valence-corrected chi connectivity index (χ0v) is 17.7. The first kappa shape index (κ1) is 18.9. The minimum absolute atomic E-state index is 0.0656. The lowest BCUT2D eigenvalue weighted by atomic mass is 10.1. The van der Waals surface area contributed by atoms with Gasteiger partial charge in [-0.15, -0.1) is 21.5 Å². The number of nitrogens with zero attached hydrogens (tertiary/aromatic N) is 4. The molecule has 1 aromatic carbocycles. The Hall–Kier alpha value is -2.45. The topological polar surface area (TPSA) is 76.5 Å². The Balaban J connectivity index is 1.55. The van der Waals surface area contributed by atoms with Crippen LogP contribution >= 0.6 is 23.1 Å². The summed E-state index contributed by atoms with van der Waals surface area (Å²) >= 11 is 3.11. The zero-order chi connectivity index (χ0) is 19.7. The fraction of sp³-hybridized carbons (Fsp3) is 0.300. The summed E-state index contributed by atoms with van der Waals surface area (Å²) in [6.07, 6.45) is 0.747. The smallest absolute Gasteiger partial charge is 0.259 e. The van der Waals surface area contributed by atoms with Crippen molar-refractivity contribution in [2.75, 3.05) is 0 Å². The number of fused-ring (bicyclic) bond motifs is 1. The van der Waals surface area contributed by atoms with Crippen molar-refractivity contribution in [1.29, 1.82) is 0 Å². The van der Waals surface area contributed by atoms with Crippen molar-refractivity contribution in [2.24, 2.45) is 0 Å². The lowest BCUT2D eigenvalue weighted by Crippen LogP contribution is -2.11. The van der Waals surface area contributed by atoms with Gasteiger partial charge in [0.15, 0.2) is 5.16 Å². The SMILES string of the molecule is CCn1c(Cc2ccccc2)nnc1SCc1nc2sc(C)c(C)c2c(=O)[nH]1. The van der Waals surface area contributed by atoms with Crippen molar-refractivity contribution < 1.29 is 0 Å². The molecule has 4 rings (SSSR count). The molecule has 0 aliphatic rings. The van der Waals surface area contributed by atoms with E-state index in [0.29, 0.717) is 17.0 Å². The van der Waals surface area contributed by atoms with E-state index < -0.39 is 0 Å². The van der Waals surface area contributed by atoms with Gasteiger partial charge in [-0.25, -0.2) is 4.98 Å². The Morgan fingerprint density at radius 2 is 1.96 bits per heavy atom. The lowest BCUT2D eigenvalue weighted by Gasteiger charge is -2.07. The quantitative estimate of drug-likeness (QED) is 0.484. The molecule has 6 nitrogen and oxygen atoms in total. The molecule has 0 saturated heterocycles. The van der Waals surface area contributed by atoms with Crippen molar-refractivity contribution in [1.82, 2.24) is 24.7 Å². The Labute approximate surface area is 171 Å². The standard InChI is InChI=1S/C20H21N5OS2/c1-4-25-16(10-14-8-6-5-7-9-14)23-24-20(25)27-11-15-21-18(26)17-12(2)13(3)28-19(17)22-15/h5-9H,4,10-11H2,1-3H3,(H,21,22,26). The number of H-pyrrole nitrogens is 1. The third-order valence-electron chi connectivity index (χ3n) is 4.74. The third kappa shape index (κ3) is 3.62. The number of thioether (sulfide) groups is 1. The highest BCUT2D eigenvalue weighted by Crippen LogP contribution is 2.27. The molecule has 0 radical (unpaired) electrons. The number of rotatable bonds is 6. The number of thiophene rings is 1. The van der Waals surface area contributed by atoms with E-state index in [1.165, 1.54) is 5.56 Å². The van der Waals surface area contributed by atoms with Gasteiger partial charge in [-0.2, -0.15) is 0 Å². The zero-order valence-electron chi connectivity index (χ0n) is 16.0. The second kappa shape index (κ2) is 7.89. The summed E-state index contributed by atoms with van der Waals surface area (Å²) in [5.41, 5.74) is 2.16. The summed E-state index contributed by atoms with van der Waals surface area (Å²) in [5, 5.41) is 10.3. The fourth-order valence-electron chi connectivity index (χ4n) is 3.15. The second-order valence-corrected chi connectivity index (χ2v) is 8.72. The second-order valence-electron chi connectivity index (χ2n) is 6.57. The van der Waals surface area contributed by atoms with Crippen LogP contribution in [0.4, 0.5) is 0 Å². The van der Waals surface area contributed by atoms with Crippen LogP contribution in [0, 0.1) is 13.8 Å². The first-order valence-corrected chi connectivity index (χ1v) is 10.9. The largest absolute Gasteiger partial charge is 0.309 e. The van der Waals surface area contributed by atoms with Gasteiger partial charge in [-0.1, -0.05) is 42.1 Å². The summed E-state index contributed by atoms with van der Waals surface area (Å²) in [6.45, 7) is 6.88. The third-order valence-corrected chi connectivity index (χ3v) is 6.82. The number of hydrogen-bond acceptors (Lipinski definition) is 6. The van der Waals surface area contributed by atoms with Crippen LogP contribution in [0.5, 0.6) is 0 Å². The molecular formula is C20H21N5OS2. The number of benzene rings is 1. The molecule has 144 valence electrons. The van der Waals surface area contributed by atoms with Crippen LogP contribution in [0.1, 0.15) is 34.6 Å². The van der Waals surface area contributed by atoms with E-state index in [0.717, 1.165) is 39.2 Å². The van der Waals surface area contributed by atoms with E-state index in [2.05, 4.69) is 43.8 Å². The molecule has 0 aliphatic carbocycles. The Kier molecular flexibility index (Phi) is 5.32. The van der Waals surface area contributed by atoms with Crippen LogP contribution in [0.15, 0.2) is 40.3 Å². The Morgan fingerprint density at radius 1 is 1.18 bits per heavy atom. The molecule has 0 atom stereocenters. The van der Waals surface area contributed by atoms with Gasteiger partial charge in [-0.3, -0.25) is 4.79 Å². The summed E-state index contributed by atoms with van der Waals surface area (Å²) < 4.78 is 2.12. The van der Waals surface area contributed by atoms with Crippen molar-refractivity contribution in [2.45, 2.75) is 44.6 Å². The highest BCUT2D eigenvalue weighted by atomic mass is 32.2. The van der Waals surface area contributed by atoms with E-state index in [1.54, 1.807) is 23.1 Å². The Morgan fingerprint density at radius 3 is 2.71 bits per heavy atom. The highest BCUT2D eigenvalue weighted by Gasteiger charge is 2.15. The molecule has 0 saturated carbocycles. The predicted molar refractivity (Wildman–Crippen MR) is 114 cm³/mol. The van der Waals surface area contributed by atoms with Crippen molar-refractivity contribution in [3.8, 4) is 0 Å². The normalized spacial score (nSPS) is 11.4. The molecule has 0 unspecified atom stereocenters. The Bertz CT molecular complexity index is 1180. The molecule has 0 aliphatic heterocycles. The van der Waals surface area contributed by atoms with E-state index in [9.17, 15) is 4.79 Å². The van der Waals surface area contributed by atoms with Gasteiger partial charge in [0.1, 0.15) is 16.5 Å². The van der Waals surface area contributed by atoms with E-state index in [4.69, 9.17) is 0 Å². The summed E-state index contributed by atoms with van der Waals surface area (Å²) in [4.78, 5) is 21.9. The number of nitrogens with one attached hydrogen (secondary N) is 1. The maximum absolute atomic E-state index is 12.4. The van der Waals surface area contributed by atoms with Crippen molar-refractivity contribution in [3.63, 3.8) is 0 Å². The van der Waals surface area contributed by atoms with Gasteiger partial charge < -0.3 is 9.55 Å². The van der Waals surface area contributed by atoms with Gasteiger partial charge in [0.25, 0.3) is 5.56 Å². The van der Waals surface area contributed by atoms with Gasteiger partial charge in [0.05, 0.1) is 11.1 Å². The van der Waals surface area contributed by atoms with Gasteiger partial charge >= 0.3 is 0 Å². The molecular weight excluding hydrogens is 390 g/mol. The molecule has 1 N–H and O–H groups in total. The van der Waals surface area contributed by atoms with Crippen LogP contribution < -0.4 is 5.56 Å². The minimum Gasteiger partial charge on any atom is -0.309 e. The average Bonchev–Trinajstić information content (AvgIpc) is 3.21. The van der Waals surface area contributed by atoms with Crippen LogP contribution in [-0.2, 0) is 18.7 Å². The van der Waals surface area contributed by atoms with E-state index in [1.807, 2.05) is 32.0 Å². The molecule has 3 heterocycles. The maximum Gasteiger partial charge on any atom is 0.259 e. The van der Waals surface area contributed by atoms with Crippen LogP contribution in [0.2, 0.25) is 0 Å². The van der Waals surface area contributed by atoms with Gasteiger partial charge in [-0.05, 0) is 31.9 Å².